The maximum absolute atomic E-state index is 12.0. The molecule has 1 aromatic rings. The quantitative estimate of drug-likeness (QED) is 0.876. The first-order chi connectivity index (χ1) is 9.17. The zero-order chi connectivity index (χ0) is 13.8. The molecular weight excluding hydrogens is 244 g/mol. The second-order valence-corrected chi connectivity index (χ2v) is 4.58. The lowest BCUT2D eigenvalue weighted by Gasteiger charge is -2.18. The highest BCUT2D eigenvalue weighted by Gasteiger charge is 2.35. The molecule has 1 aliphatic rings. The Labute approximate surface area is 113 Å². The van der Waals surface area contributed by atoms with E-state index in [0.717, 1.165) is 11.3 Å². The van der Waals surface area contributed by atoms with Crippen LogP contribution in [-0.2, 0) is 0 Å². The van der Waals surface area contributed by atoms with Crippen LogP contribution in [0.2, 0.25) is 0 Å². The Morgan fingerprint density at radius 2 is 2.26 bits per heavy atom. The third-order valence-electron chi connectivity index (χ3n) is 3.36. The first kappa shape index (κ1) is 13.7. The van der Waals surface area contributed by atoms with Gasteiger partial charge in [-0.05, 0) is 24.6 Å². The first-order valence-corrected chi connectivity index (χ1v) is 6.52. The van der Waals surface area contributed by atoms with Gasteiger partial charge < -0.3 is 19.6 Å². The predicted octanol–water partition coefficient (Wildman–Crippen LogP) is 1.49. The van der Waals surface area contributed by atoms with Crippen molar-refractivity contribution >= 4 is 6.03 Å². The monoisotopic (exact) mass is 264 g/mol. The van der Waals surface area contributed by atoms with Crippen molar-refractivity contribution in [3.63, 3.8) is 0 Å². The maximum Gasteiger partial charge on any atom is 0.320 e. The Morgan fingerprint density at radius 1 is 1.47 bits per heavy atom. The van der Waals surface area contributed by atoms with Gasteiger partial charge in [0.2, 0.25) is 0 Å². The number of β-amino-alcohol motifs (C(OH)–C–C–N with tert-alkyl or cyclic N) is 1. The Balaban J connectivity index is 2.17. The van der Waals surface area contributed by atoms with Crippen LogP contribution < -0.4 is 4.74 Å². The topological polar surface area (TPSA) is 53.0 Å². The van der Waals surface area contributed by atoms with Crippen LogP contribution in [0.1, 0.15) is 18.5 Å². The molecule has 19 heavy (non-hydrogen) atoms. The summed E-state index contributed by atoms with van der Waals surface area (Å²) in [5.41, 5.74) is 1.06. The number of ether oxygens (including phenoxy) is 1. The highest BCUT2D eigenvalue weighted by atomic mass is 16.5. The summed E-state index contributed by atoms with van der Waals surface area (Å²) in [5, 5.41) is 8.97. The van der Waals surface area contributed by atoms with Gasteiger partial charge in [-0.2, -0.15) is 0 Å². The molecule has 5 nitrogen and oxygen atoms in total. The molecule has 0 aliphatic carbocycles. The van der Waals surface area contributed by atoms with Gasteiger partial charge in [-0.1, -0.05) is 12.1 Å². The summed E-state index contributed by atoms with van der Waals surface area (Å²) >= 11 is 0. The number of carbonyl (C=O) groups is 1. The van der Waals surface area contributed by atoms with Crippen LogP contribution in [0.15, 0.2) is 24.3 Å². The highest BCUT2D eigenvalue weighted by Crippen LogP contribution is 2.29. The Kier molecular flexibility index (Phi) is 4.27. The number of benzene rings is 1. The predicted molar refractivity (Wildman–Crippen MR) is 72.2 cm³/mol. The highest BCUT2D eigenvalue weighted by molar-refractivity contribution is 5.77. The minimum absolute atomic E-state index is 0.00865. The number of aliphatic hydroxyl groups excluding tert-OH is 1. The molecule has 0 spiro atoms. The van der Waals surface area contributed by atoms with Crippen molar-refractivity contribution in [3.05, 3.63) is 29.8 Å². The third-order valence-corrected chi connectivity index (χ3v) is 3.36. The summed E-state index contributed by atoms with van der Waals surface area (Å²) in [6.07, 6.45) is 0. The smallest absolute Gasteiger partial charge is 0.320 e. The number of likely N-dealkylation sites (N-methyl/N-ethyl adjacent to an activating group) is 1. The summed E-state index contributed by atoms with van der Waals surface area (Å²) < 4.78 is 5.49. The van der Waals surface area contributed by atoms with Gasteiger partial charge in [0.1, 0.15) is 5.75 Å². The van der Waals surface area contributed by atoms with E-state index in [9.17, 15) is 4.79 Å². The molecule has 1 aromatic carbocycles. The largest absolute Gasteiger partial charge is 0.494 e. The number of amides is 2. The van der Waals surface area contributed by atoms with Crippen LogP contribution in [-0.4, -0.2) is 54.3 Å². The Bertz CT molecular complexity index is 450. The standard InChI is InChI=1S/C14H20N2O3/c1-3-19-12-6-4-5-11(9-12)13-10-16(7-8-17)14(18)15(13)2/h4-6,9,13,17H,3,7-8,10H2,1-2H3. The molecule has 0 saturated carbocycles. The van der Waals surface area contributed by atoms with Crippen LogP contribution in [0.4, 0.5) is 4.79 Å². The lowest BCUT2D eigenvalue weighted by molar-refractivity contribution is 0.182. The van der Waals surface area contributed by atoms with Gasteiger partial charge in [-0.15, -0.1) is 0 Å². The fourth-order valence-corrected chi connectivity index (χ4v) is 2.38. The van der Waals surface area contributed by atoms with E-state index in [-0.39, 0.29) is 18.7 Å². The fourth-order valence-electron chi connectivity index (χ4n) is 2.38. The Hall–Kier alpha value is -1.75. The minimum Gasteiger partial charge on any atom is -0.494 e. The third kappa shape index (κ3) is 2.81. The molecular formula is C14H20N2O3. The number of aliphatic hydroxyl groups is 1. The fraction of sp³-hybridized carbons (Fsp3) is 0.500. The molecule has 104 valence electrons. The van der Waals surface area contributed by atoms with Crippen molar-refractivity contribution in [3.8, 4) is 5.75 Å². The van der Waals surface area contributed by atoms with Crippen LogP contribution in [0.5, 0.6) is 5.75 Å². The lowest BCUT2D eigenvalue weighted by Crippen LogP contribution is -2.31. The zero-order valence-corrected chi connectivity index (χ0v) is 11.4. The van der Waals surface area contributed by atoms with Gasteiger partial charge in [-0.3, -0.25) is 0 Å². The summed E-state index contributed by atoms with van der Waals surface area (Å²) in [6, 6.07) is 7.79. The molecule has 1 saturated heterocycles. The number of rotatable bonds is 5. The van der Waals surface area contributed by atoms with E-state index in [1.165, 1.54) is 0 Å². The van der Waals surface area contributed by atoms with Gasteiger partial charge in [0, 0.05) is 20.1 Å². The normalized spacial score (nSPS) is 19.1. The molecule has 0 aromatic heterocycles. The zero-order valence-electron chi connectivity index (χ0n) is 11.4. The lowest BCUT2D eigenvalue weighted by atomic mass is 10.1. The van der Waals surface area contributed by atoms with Crippen molar-refractivity contribution in [1.82, 2.24) is 9.80 Å². The van der Waals surface area contributed by atoms with E-state index in [1.54, 1.807) is 16.8 Å². The summed E-state index contributed by atoms with van der Waals surface area (Å²) in [5.74, 6) is 0.821. The van der Waals surface area contributed by atoms with Gasteiger partial charge in [-0.25, -0.2) is 4.79 Å². The molecule has 0 bridgehead atoms. The number of nitrogens with zero attached hydrogens (tertiary/aromatic N) is 2. The molecule has 1 heterocycles. The molecule has 1 N–H and O–H groups in total. The molecule has 2 amide bonds. The van der Waals surface area contributed by atoms with Crippen LogP contribution in [0, 0.1) is 0 Å². The van der Waals surface area contributed by atoms with Crippen LogP contribution in [0.25, 0.3) is 0 Å². The first-order valence-electron chi connectivity index (χ1n) is 6.52. The van der Waals surface area contributed by atoms with Gasteiger partial charge >= 0.3 is 6.03 Å². The second-order valence-electron chi connectivity index (χ2n) is 4.58. The molecule has 1 aliphatic heterocycles. The summed E-state index contributed by atoms with van der Waals surface area (Å²) in [6.45, 7) is 3.54. The molecule has 1 atom stereocenters. The average Bonchev–Trinajstić information content (AvgIpc) is 2.69. The van der Waals surface area contributed by atoms with Gasteiger partial charge in [0.05, 0.1) is 19.3 Å². The molecule has 1 fully saturated rings. The van der Waals surface area contributed by atoms with Crippen molar-refractivity contribution in [1.29, 1.82) is 0 Å². The molecule has 2 rings (SSSR count). The van der Waals surface area contributed by atoms with Crippen molar-refractivity contribution in [2.75, 3.05) is 33.4 Å². The number of urea groups is 1. The molecule has 0 radical (unpaired) electrons. The van der Waals surface area contributed by atoms with E-state index >= 15 is 0 Å². The SMILES string of the molecule is CCOc1cccc(C2CN(CCO)C(=O)N2C)c1. The van der Waals surface area contributed by atoms with E-state index in [4.69, 9.17) is 9.84 Å². The minimum atomic E-state index is -0.0409. The number of carbonyl (C=O) groups excluding carboxylic acids is 1. The average molecular weight is 264 g/mol. The van der Waals surface area contributed by atoms with Crippen LogP contribution >= 0.6 is 0 Å². The van der Waals surface area contributed by atoms with E-state index in [0.29, 0.717) is 19.7 Å². The summed E-state index contributed by atoms with van der Waals surface area (Å²) in [7, 11) is 1.79. The Morgan fingerprint density at radius 3 is 2.95 bits per heavy atom. The van der Waals surface area contributed by atoms with Crippen molar-refractivity contribution in [2.24, 2.45) is 0 Å². The van der Waals surface area contributed by atoms with E-state index in [1.807, 2.05) is 31.2 Å². The van der Waals surface area contributed by atoms with E-state index in [2.05, 4.69) is 0 Å². The molecule has 1 unspecified atom stereocenters. The van der Waals surface area contributed by atoms with Crippen molar-refractivity contribution < 1.29 is 14.6 Å². The number of hydrogen-bond donors (Lipinski definition) is 1. The van der Waals surface area contributed by atoms with Crippen LogP contribution in [0.3, 0.4) is 0 Å². The number of hydrogen-bond acceptors (Lipinski definition) is 3. The van der Waals surface area contributed by atoms with Gasteiger partial charge in [0.25, 0.3) is 0 Å². The van der Waals surface area contributed by atoms with E-state index < -0.39 is 0 Å². The maximum atomic E-state index is 12.0. The van der Waals surface area contributed by atoms with Gasteiger partial charge in [0.15, 0.2) is 0 Å². The molecule has 5 heteroatoms. The summed E-state index contributed by atoms with van der Waals surface area (Å²) in [4.78, 5) is 15.4. The van der Waals surface area contributed by atoms with Crippen molar-refractivity contribution in [2.45, 2.75) is 13.0 Å². The second kappa shape index (κ2) is 5.93.